The second kappa shape index (κ2) is 14.7. The minimum absolute atomic E-state index is 0.0465. The Morgan fingerprint density at radius 1 is 1.04 bits per heavy atom. The highest BCUT2D eigenvalue weighted by Crippen LogP contribution is 2.63. The van der Waals surface area contributed by atoms with E-state index in [0.29, 0.717) is 4.88 Å². The van der Waals surface area contributed by atoms with E-state index >= 15 is 0 Å². The van der Waals surface area contributed by atoms with Crippen LogP contribution in [0, 0.1) is 16.7 Å². The molecular weight excluding hydrogens is 726 g/mol. The first-order valence-corrected chi connectivity index (χ1v) is 18.6. The van der Waals surface area contributed by atoms with Crippen LogP contribution in [0.1, 0.15) is 61.8 Å². The van der Waals surface area contributed by atoms with Crippen LogP contribution in [0.25, 0.3) is 0 Å². The van der Waals surface area contributed by atoms with Gasteiger partial charge < -0.3 is 54.5 Å². The van der Waals surface area contributed by atoms with Crippen molar-refractivity contribution in [2.45, 2.75) is 94.4 Å². The number of carbonyl (C=O) groups excluding carboxylic acids is 4. The molecule has 1 amide bonds. The smallest absolute Gasteiger partial charge is 0.407 e. The summed E-state index contributed by atoms with van der Waals surface area (Å²) in [5, 5.41) is 64.6. The number of amides is 1. The van der Waals surface area contributed by atoms with Crippen molar-refractivity contribution in [2.75, 3.05) is 26.9 Å². The molecule has 0 radical (unpaired) electrons. The number of nitrogens with one attached hydrogen (secondary N) is 1. The van der Waals surface area contributed by atoms with Gasteiger partial charge in [-0.05, 0) is 48.6 Å². The number of aliphatic hydroxyl groups is 5. The number of hydrogen-bond donors (Lipinski definition) is 6. The Morgan fingerprint density at radius 2 is 1.74 bits per heavy atom. The van der Waals surface area contributed by atoms with Gasteiger partial charge in [-0.15, -0.1) is 11.3 Å². The van der Waals surface area contributed by atoms with Gasteiger partial charge in [-0.3, -0.25) is 4.79 Å². The maximum absolute atomic E-state index is 14.7. The van der Waals surface area contributed by atoms with Gasteiger partial charge in [0, 0.05) is 36.2 Å². The lowest BCUT2D eigenvalue weighted by Crippen LogP contribution is -2.81. The molecule has 3 aliphatic carbocycles. The number of ether oxygens (including phenoxy) is 5. The molecule has 294 valence electrons. The van der Waals surface area contributed by atoms with Crippen LogP contribution in [-0.4, -0.2) is 124 Å². The molecule has 16 heteroatoms. The number of Topliss-reactive ketones (excluding diaryl/α,β-unsaturated/α-hetero) is 1. The molecule has 2 saturated carbocycles. The van der Waals surface area contributed by atoms with E-state index < -0.39 is 101 Å². The van der Waals surface area contributed by atoms with Crippen LogP contribution >= 0.6 is 11.3 Å². The van der Waals surface area contributed by atoms with Gasteiger partial charge in [-0.1, -0.05) is 38.1 Å². The SMILES string of the molecule is COCCOC(=O)N[C@@H](c1cccs1)[C@@H](O)C(=O)O[C@H]1C[C@@]2(O)[C@@H](OC(=O)c3ccccc3)[C@@H]3[C@]4(O)CO[C@@H]4C[C@H](O)[C@@]3(C)C(=O)[C@H](O)C(=C1C)C2(C)C. The Morgan fingerprint density at radius 3 is 2.35 bits per heavy atom. The van der Waals surface area contributed by atoms with E-state index in [4.69, 9.17) is 23.7 Å². The molecule has 0 spiro atoms. The van der Waals surface area contributed by atoms with E-state index in [9.17, 15) is 44.7 Å². The predicted molar refractivity (Wildman–Crippen MR) is 189 cm³/mol. The monoisotopic (exact) mass is 773 g/mol. The first-order valence-electron chi connectivity index (χ1n) is 17.7. The number of benzene rings is 1. The van der Waals surface area contributed by atoms with Gasteiger partial charge >= 0.3 is 18.0 Å². The number of alkyl carbamates (subject to hydrolysis) is 1. The summed E-state index contributed by atoms with van der Waals surface area (Å²) in [6, 6.07) is 9.79. The minimum Gasteiger partial charge on any atom is -0.456 e. The van der Waals surface area contributed by atoms with E-state index in [1.54, 1.807) is 49.6 Å². The van der Waals surface area contributed by atoms with Crippen LogP contribution in [-0.2, 0) is 33.3 Å². The Kier molecular flexibility index (Phi) is 10.9. The quantitative estimate of drug-likeness (QED) is 0.0873. The summed E-state index contributed by atoms with van der Waals surface area (Å²) in [6.45, 7) is 5.67. The summed E-state index contributed by atoms with van der Waals surface area (Å²) in [4.78, 5) is 55.4. The van der Waals surface area contributed by atoms with Crippen LogP contribution in [0.4, 0.5) is 4.79 Å². The van der Waals surface area contributed by atoms with Crippen LogP contribution in [0.2, 0.25) is 0 Å². The molecule has 1 aromatic heterocycles. The molecule has 1 aromatic carbocycles. The average Bonchev–Trinajstić information content (AvgIpc) is 3.67. The molecule has 4 aliphatic rings. The van der Waals surface area contributed by atoms with E-state index in [1.807, 2.05) is 0 Å². The molecule has 3 fully saturated rings. The second-order valence-corrected chi connectivity index (χ2v) is 16.2. The standard InChI is InChI=1S/C38H47NO14S/c1-19-21(52-33(45)28(42)26(22-12-9-15-54-22)39-34(46)50-14-13-49-5)17-38(48)31(53-32(44)20-10-7-6-8-11-20)29-36(4,23(40)16-24-37(29,47)18-51-24)30(43)27(41)25(19)35(38,2)3/h6-12,15,21,23-24,26-29,31,40-42,47-48H,13-14,16-18H2,1-5H3,(H,39,46)/t21-,23-,24+,26-,27+,28+,29-,31-,36+,37-,38+/m0/s1. The van der Waals surface area contributed by atoms with Gasteiger partial charge in [0.05, 0.1) is 36.4 Å². The van der Waals surface area contributed by atoms with E-state index in [0.717, 1.165) is 11.3 Å². The lowest BCUT2D eigenvalue weighted by Gasteiger charge is -2.66. The molecule has 2 bridgehead atoms. The molecule has 6 N–H and O–H groups in total. The summed E-state index contributed by atoms with van der Waals surface area (Å²) in [5.41, 5.74) is -7.54. The van der Waals surface area contributed by atoms with Crippen molar-refractivity contribution in [1.29, 1.82) is 0 Å². The van der Waals surface area contributed by atoms with Gasteiger partial charge in [0.1, 0.15) is 42.2 Å². The highest BCUT2D eigenvalue weighted by Gasteiger charge is 2.76. The van der Waals surface area contributed by atoms with Crippen molar-refractivity contribution in [1.82, 2.24) is 5.32 Å². The lowest BCUT2D eigenvalue weighted by atomic mass is 9.44. The van der Waals surface area contributed by atoms with Crippen LogP contribution < -0.4 is 5.32 Å². The summed E-state index contributed by atoms with van der Waals surface area (Å²) >= 11 is 1.15. The molecule has 15 nitrogen and oxygen atoms in total. The van der Waals surface area contributed by atoms with E-state index in [1.165, 1.54) is 33.1 Å². The van der Waals surface area contributed by atoms with Gasteiger partial charge in [-0.2, -0.15) is 0 Å². The third-order valence-corrected chi connectivity index (χ3v) is 13.0. The minimum atomic E-state index is -2.31. The molecule has 2 heterocycles. The van der Waals surface area contributed by atoms with E-state index in [-0.39, 0.29) is 43.0 Å². The second-order valence-electron chi connectivity index (χ2n) is 15.2. The zero-order valence-corrected chi connectivity index (χ0v) is 31.4. The Balaban J connectivity index is 1.43. The zero-order chi connectivity index (χ0) is 39.4. The number of aliphatic hydroxyl groups excluding tert-OH is 3. The summed E-state index contributed by atoms with van der Waals surface area (Å²) < 4.78 is 27.7. The molecule has 6 rings (SSSR count). The normalized spacial score (nSPS) is 35.2. The van der Waals surface area contributed by atoms with Crippen LogP contribution in [0.15, 0.2) is 59.0 Å². The number of rotatable bonds is 10. The van der Waals surface area contributed by atoms with Crippen LogP contribution in [0.3, 0.4) is 0 Å². The third-order valence-electron chi connectivity index (χ3n) is 12.1. The molecule has 11 atom stereocenters. The number of thiophene rings is 1. The van der Waals surface area contributed by atoms with Gasteiger partial charge in [0.2, 0.25) is 0 Å². The van der Waals surface area contributed by atoms with E-state index in [2.05, 4.69) is 5.32 Å². The Bertz CT molecular complexity index is 1780. The largest absolute Gasteiger partial charge is 0.456 e. The molecule has 0 unspecified atom stereocenters. The van der Waals surface area contributed by atoms with Crippen molar-refractivity contribution in [3.05, 3.63) is 69.4 Å². The number of hydrogen-bond acceptors (Lipinski definition) is 15. The average molecular weight is 774 g/mol. The summed E-state index contributed by atoms with van der Waals surface area (Å²) in [7, 11) is 1.43. The number of ketones is 1. The molecule has 1 saturated heterocycles. The fraction of sp³-hybridized carbons (Fsp3) is 0.579. The van der Waals surface area contributed by atoms with Crippen molar-refractivity contribution in [2.24, 2.45) is 16.7 Å². The van der Waals surface area contributed by atoms with Crippen molar-refractivity contribution in [3.8, 4) is 0 Å². The summed E-state index contributed by atoms with van der Waals surface area (Å²) in [5.74, 6) is -4.55. The van der Waals surface area contributed by atoms with Gasteiger partial charge in [-0.25, -0.2) is 14.4 Å². The number of esters is 2. The van der Waals surface area contributed by atoms with Crippen molar-refractivity contribution in [3.63, 3.8) is 0 Å². The maximum Gasteiger partial charge on any atom is 0.407 e. The fourth-order valence-electron chi connectivity index (χ4n) is 8.88. The summed E-state index contributed by atoms with van der Waals surface area (Å²) in [6.07, 6.45) is -11.3. The highest BCUT2D eigenvalue weighted by atomic mass is 32.1. The molecule has 54 heavy (non-hydrogen) atoms. The highest BCUT2D eigenvalue weighted by molar-refractivity contribution is 7.10. The molecule has 1 aliphatic heterocycles. The first-order chi connectivity index (χ1) is 25.4. The molecule has 2 aromatic rings. The number of methoxy groups -OCH3 is 1. The van der Waals surface area contributed by atoms with Gasteiger partial charge in [0.25, 0.3) is 0 Å². The van der Waals surface area contributed by atoms with Crippen molar-refractivity contribution >= 4 is 35.2 Å². The Labute approximate surface area is 315 Å². The zero-order valence-electron chi connectivity index (χ0n) is 30.6. The van der Waals surface area contributed by atoms with Gasteiger partial charge in [0.15, 0.2) is 11.9 Å². The Hall–Kier alpha value is -3.74. The van der Waals surface area contributed by atoms with Crippen LogP contribution in [0.5, 0.6) is 0 Å². The van der Waals surface area contributed by atoms with Crippen molar-refractivity contribution < 1.29 is 68.4 Å². The number of carbonyl (C=O) groups is 4. The predicted octanol–water partition coefficient (Wildman–Crippen LogP) is 1.60. The fourth-order valence-corrected chi connectivity index (χ4v) is 9.69. The number of fused-ring (bicyclic) bond motifs is 5. The third kappa shape index (κ3) is 6.35. The molecular formula is C38H47NO14S. The topological polar surface area (TPSA) is 228 Å². The maximum atomic E-state index is 14.7. The first kappa shape index (κ1) is 39.9. The lowest BCUT2D eigenvalue weighted by molar-refractivity contribution is -0.343.